The minimum absolute atomic E-state index is 0.282. The van der Waals surface area contributed by atoms with Gasteiger partial charge in [-0.1, -0.05) is 6.08 Å². The van der Waals surface area contributed by atoms with Crippen LogP contribution >= 0.6 is 11.3 Å². The number of rotatable bonds is 3. The predicted molar refractivity (Wildman–Crippen MR) is 86.7 cm³/mol. The maximum Gasteiger partial charge on any atom is 0.325 e. The summed E-state index contributed by atoms with van der Waals surface area (Å²) in [7, 11) is 3.70. The van der Waals surface area contributed by atoms with Crippen LogP contribution in [-0.2, 0) is 17.7 Å². The maximum absolute atomic E-state index is 12.1. The Kier molecular flexibility index (Phi) is 4.44. The molecule has 0 fully saturated rings. The summed E-state index contributed by atoms with van der Waals surface area (Å²) in [5, 5.41) is 6.30. The number of methoxy groups -OCH3 is 1. The summed E-state index contributed by atoms with van der Waals surface area (Å²) >= 11 is 1.55. The Bertz CT molecular complexity index is 635. The molecule has 1 aliphatic carbocycles. The number of amides is 2. The standard InChI is InChI=1S/C15H20N4O2S/c1-19-8-7-11-13(9-19)22-15(17-11)18-14(20)16-10-5-3-4-6-12(10)21-2/h5-6H,3-4,7-9H2,1-2H3,(H2,16,17,18,20). The molecule has 2 N–H and O–H groups in total. The SMILES string of the molecule is COC1=CCCC=C1NC(=O)Nc1nc2c(s1)CN(C)CC2. The quantitative estimate of drug-likeness (QED) is 0.898. The number of likely N-dealkylation sites (N-methyl/N-ethyl adjacent to an activating group) is 1. The number of nitrogens with zero attached hydrogens (tertiary/aromatic N) is 2. The molecule has 1 aromatic rings. The third-order valence-electron chi connectivity index (χ3n) is 3.72. The van der Waals surface area contributed by atoms with E-state index in [9.17, 15) is 4.79 Å². The molecular weight excluding hydrogens is 300 g/mol. The van der Waals surface area contributed by atoms with Crippen LogP contribution in [0.5, 0.6) is 0 Å². The van der Waals surface area contributed by atoms with Crippen molar-refractivity contribution in [2.75, 3.05) is 26.0 Å². The third kappa shape index (κ3) is 3.31. The van der Waals surface area contributed by atoms with Gasteiger partial charge < -0.3 is 15.0 Å². The highest BCUT2D eigenvalue weighted by Gasteiger charge is 2.19. The molecule has 0 saturated heterocycles. The zero-order chi connectivity index (χ0) is 15.5. The number of ether oxygens (including phenoxy) is 1. The van der Waals surface area contributed by atoms with E-state index in [2.05, 4.69) is 27.6 Å². The minimum Gasteiger partial charge on any atom is -0.495 e. The summed E-state index contributed by atoms with van der Waals surface area (Å²) < 4.78 is 5.26. The second kappa shape index (κ2) is 6.50. The van der Waals surface area contributed by atoms with Gasteiger partial charge in [0, 0.05) is 24.4 Å². The molecule has 118 valence electrons. The Labute approximate surface area is 133 Å². The van der Waals surface area contributed by atoms with Crippen molar-refractivity contribution in [3.63, 3.8) is 0 Å². The van der Waals surface area contributed by atoms with E-state index in [-0.39, 0.29) is 6.03 Å². The van der Waals surface area contributed by atoms with Crippen molar-refractivity contribution in [1.82, 2.24) is 15.2 Å². The van der Waals surface area contributed by atoms with Gasteiger partial charge in [0.2, 0.25) is 0 Å². The lowest BCUT2D eigenvalue weighted by Crippen LogP contribution is -2.29. The topological polar surface area (TPSA) is 66.5 Å². The highest BCUT2D eigenvalue weighted by molar-refractivity contribution is 7.15. The van der Waals surface area contributed by atoms with Crippen LogP contribution in [0.3, 0.4) is 0 Å². The van der Waals surface area contributed by atoms with E-state index in [4.69, 9.17) is 4.74 Å². The average Bonchev–Trinajstić information content (AvgIpc) is 2.88. The van der Waals surface area contributed by atoms with Crippen molar-refractivity contribution < 1.29 is 9.53 Å². The van der Waals surface area contributed by atoms with Crippen LogP contribution in [0.4, 0.5) is 9.93 Å². The first-order chi connectivity index (χ1) is 10.7. The van der Waals surface area contributed by atoms with Gasteiger partial charge in [0.05, 0.1) is 18.5 Å². The summed E-state index contributed by atoms with van der Waals surface area (Å²) in [6.45, 7) is 1.91. The molecule has 0 atom stereocenters. The lowest BCUT2D eigenvalue weighted by atomic mass is 10.1. The molecule has 2 amide bonds. The van der Waals surface area contributed by atoms with Crippen LogP contribution in [-0.4, -0.2) is 36.6 Å². The number of carbonyl (C=O) groups excluding carboxylic acids is 1. The van der Waals surface area contributed by atoms with E-state index in [1.165, 1.54) is 4.88 Å². The normalized spacial score (nSPS) is 18.1. The van der Waals surface area contributed by atoms with Crippen molar-refractivity contribution in [1.29, 1.82) is 0 Å². The molecule has 3 rings (SSSR count). The molecule has 7 heteroatoms. The van der Waals surface area contributed by atoms with E-state index in [1.807, 2.05) is 12.2 Å². The van der Waals surface area contributed by atoms with E-state index < -0.39 is 0 Å². The Morgan fingerprint density at radius 2 is 2.18 bits per heavy atom. The molecule has 2 aliphatic rings. The third-order valence-corrected chi connectivity index (χ3v) is 4.72. The fourth-order valence-electron chi connectivity index (χ4n) is 2.59. The van der Waals surface area contributed by atoms with Gasteiger partial charge in [0.1, 0.15) is 5.76 Å². The number of hydrogen-bond donors (Lipinski definition) is 2. The van der Waals surface area contributed by atoms with Gasteiger partial charge in [0.25, 0.3) is 0 Å². The van der Waals surface area contributed by atoms with Crippen LogP contribution in [0, 0.1) is 0 Å². The minimum atomic E-state index is -0.282. The average molecular weight is 320 g/mol. The van der Waals surface area contributed by atoms with E-state index in [0.29, 0.717) is 16.6 Å². The van der Waals surface area contributed by atoms with Crippen LogP contribution in [0.1, 0.15) is 23.4 Å². The molecule has 0 bridgehead atoms. The second-order valence-corrected chi connectivity index (χ2v) is 6.51. The molecule has 1 aliphatic heterocycles. The maximum atomic E-state index is 12.1. The largest absolute Gasteiger partial charge is 0.495 e. The first-order valence-electron chi connectivity index (χ1n) is 7.35. The number of aromatic nitrogens is 1. The van der Waals surface area contributed by atoms with Crippen LogP contribution < -0.4 is 10.6 Å². The summed E-state index contributed by atoms with van der Waals surface area (Å²) in [4.78, 5) is 20.1. The van der Waals surface area contributed by atoms with Gasteiger partial charge in [-0.2, -0.15) is 0 Å². The lowest BCUT2D eigenvalue weighted by molar-refractivity contribution is 0.251. The van der Waals surface area contributed by atoms with Crippen molar-refractivity contribution in [2.24, 2.45) is 0 Å². The summed E-state index contributed by atoms with van der Waals surface area (Å²) in [5.41, 5.74) is 1.82. The van der Waals surface area contributed by atoms with Gasteiger partial charge in [-0.25, -0.2) is 9.78 Å². The highest BCUT2D eigenvalue weighted by atomic mass is 32.1. The molecule has 2 heterocycles. The molecule has 0 radical (unpaired) electrons. The fraction of sp³-hybridized carbons (Fsp3) is 0.467. The van der Waals surface area contributed by atoms with Gasteiger partial charge in [-0.05, 0) is 26.0 Å². The lowest BCUT2D eigenvalue weighted by Gasteiger charge is -2.20. The fourth-order valence-corrected chi connectivity index (χ4v) is 3.67. The van der Waals surface area contributed by atoms with E-state index in [1.54, 1.807) is 18.4 Å². The van der Waals surface area contributed by atoms with Crippen molar-refractivity contribution in [3.05, 3.63) is 34.2 Å². The van der Waals surface area contributed by atoms with Gasteiger partial charge >= 0.3 is 6.03 Å². The molecule has 0 saturated carbocycles. The second-order valence-electron chi connectivity index (χ2n) is 5.42. The van der Waals surface area contributed by atoms with Crippen LogP contribution in [0.15, 0.2) is 23.6 Å². The van der Waals surface area contributed by atoms with Crippen molar-refractivity contribution in [3.8, 4) is 0 Å². The van der Waals surface area contributed by atoms with Gasteiger partial charge in [-0.3, -0.25) is 5.32 Å². The number of urea groups is 1. The summed E-state index contributed by atoms with van der Waals surface area (Å²) in [6.07, 6.45) is 6.73. The van der Waals surface area contributed by atoms with Crippen molar-refractivity contribution in [2.45, 2.75) is 25.8 Å². The van der Waals surface area contributed by atoms with Crippen LogP contribution in [0.25, 0.3) is 0 Å². The number of thiazole rings is 1. The molecule has 6 nitrogen and oxygen atoms in total. The molecule has 0 unspecified atom stereocenters. The smallest absolute Gasteiger partial charge is 0.325 e. The Hall–Kier alpha value is -1.86. The molecule has 0 aromatic carbocycles. The number of anilines is 1. The number of hydrogen-bond acceptors (Lipinski definition) is 5. The van der Waals surface area contributed by atoms with E-state index in [0.717, 1.165) is 38.0 Å². The van der Waals surface area contributed by atoms with Crippen LogP contribution in [0.2, 0.25) is 0 Å². The molecule has 22 heavy (non-hydrogen) atoms. The molecule has 0 spiro atoms. The Morgan fingerprint density at radius 3 is 3.00 bits per heavy atom. The van der Waals surface area contributed by atoms with Gasteiger partial charge in [-0.15, -0.1) is 11.3 Å². The Balaban J connectivity index is 1.63. The molecular formula is C15H20N4O2S. The summed E-state index contributed by atoms with van der Waals surface area (Å²) in [5.74, 6) is 0.710. The number of allylic oxidation sites excluding steroid dienone is 2. The summed E-state index contributed by atoms with van der Waals surface area (Å²) in [6, 6.07) is -0.282. The highest BCUT2D eigenvalue weighted by Crippen LogP contribution is 2.27. The van der Waals surface area contributed by atoms with Gasteiger partial charge in [0.15, 0.2) is 5.13 Å². The first-order valence-corrected chi connectivity index (χ1v) is 8.17. The first kappa shape index (κ1) is 15.1. The van der Waals surface area contributed by atoms with E-state index >= 15 is 0 Å². The zero-order valence-corrected chi connectivity index (χ0v) is 13.6. The number of nitrogens with one attached hydrogen (secondary N) is 2. The number of carbonyl (C=O) groups is 1. The van der Waals surface area contributed by atoms with Crippen molar-refractivity contribution >= 4 is 22.5 Å². The zero-order valence-electron chi connectivity index (χ0n) is 12.8. The molecule has 1 aromatic heterocycles. The predicted octanol–water partition coefficient (Wildman–Crippen LogP) is 2.46. The number of fused-ring (bicyclic) bond motifs is 1. The monoisotopic (exact) mass is 320 g/mol. The Morgan fingerprint density at radius 1 is 1.36 bits per heavy atom.